The molecule has 2 atom stereocenters. The number of carboxylic acid groups (broad SMARTS) is 1. The summed E-state index contributed by atoms with van der Waals surface area (Å²) in [6, 6.07) is 16.3. The molecular formula is C28H30N2O5. The zero-order chi connectivity index (χ0) is 24.4. The smallest absolute Gasteiger partial charge is 0.407 e. The number of carbonyl (C=O) groups is 3. The third-order valence-corrected chi connectivity index (χ3v) is 7.83. The first kappa shape index (κ1) is 23.1. The van der Waals surface area contributed by atoms with Crippen LogP contribution in [0.5, 0.6) is 0 Å². The van der Waals surface area contributed by atoms with Crippen LogP contribution in [0.4, 0.5) is 4.79 Å². The van der Waals surface area contributed by atoms with Crippen LogP contribution in [0.1, 0.15) is 42.7 Å². The third kappa shape index (κ3) is 4.31. The number of likely N-dealkylation sites (tertiary alicyclic amines) is 1. The molecule has 7 nitrogen and oxygen atoms in total. The molecule has 2 aromatic rings. The molecule has 2 aliphatic carbocycles. The molecule has 1 aliphatic heterocycles. The minimum atomic E-state index is -0.804. The van der Waals surface area contributed by atoms with Crippen molar-refractivity contribution in [2.24, 2.45) is 11.3 Å². The fraction of sp³-hybridized carbons (Fsp3) is 0.393. The number of nitrogens with zero attached hydrogens (tertiary/aromatic N) is 1. The first-order valence-corrected chi connectivity index (χ1v) is 12.3. The van der Waals surface area contributed by atoms with Gasteiger partial charge in [-0.2, -0.15) is 0 Å². The summed E-state index contributed by atoms with van der Waals surface area (Å²) in [5, 5.41) is 12.5. The number of rotatable bonds is 6. The number of alkyl carbamates (subject to hydrolysis) is 1. The van der Waals surface area contributed by atoms with Crippen molar-refractivity contribution in [3.8, 4) is 11.1 Å². The van der Waals surface area contributed by atoms with Gasteiger partial charge in [-0.1, -0.05) is 67.4 Å². The van der Waals surface area contributed by atoms with Gasteiger partial charge in [0.25, 0.3) is 0 Å². The molecule has 0 radical (unpaired) electrons. The molecule has 1 heterocycles. The highest BCUT2D eigenvalue weighted by Gasteiger charge is 2.53. The van der Waals surface area contributed by atoms with Crippen LogP contribution in [-0.4, -0.2) is 54.2 Å². The van der Waals surface area contributed by atoms with E-state index in [1.54, 1.807) is 11.0 Å². The van der Waals surface area contributed by atoms with E-state index in [0.717, 1.165) is 30.4 Å². The van der Waals surface area contributed by atoms with Crippen LogP contribution in [0.2, 0.25) is 0 Å². The van der Waals surface area contributed by atoms with Gasteiger partial charge in [0.05, 0.1) is 5.41 Å². The molecule has 0 bridgehead atoms. The minimum Gasteiger partial charge on any atom is -0.481 e. The predicted octanol–water partition coefficient (Wildman–Crippen LogP) is 4.18. The van der Waals surface area contributed by atoms with Crippen LogP contribution in [0.15, 0.2) is 60.7 Å². The topological polar surface area (TPSA) is 95.9 Å². The number of hydrogen-bond donors (Lipinski definition) is 2. The Morgan fingerprint density at radius 1 is 1.06 bits per heavy atom. The summed E-state index contributed by atoms with van der Waals surface area (Å²) in [5.41, 5.74) is 3.84. The van der Waals surface area contributed by atoms with Crippen molar-refractivity contribution in [1.29, 1.82) is 0 Å². The second-order valence-corrected chi connectivity index (χ2v) is 9.73. The van der Waals surface area contributed by atoms with E-state index in [9.17, 15) is 19.5 Å². The number of nitrogens with one attached hydrogen (secondary N) is 1. The summed E-state index contributed by atoms with van der Waals surface area (Å²) in [6.45, 7) is 1.13. The van der Waals surface area contributed by atoms with Crippen LogP contribution >= 0.6 is 0 Å². The zero-order valence-electron chi connectivity index (χ0n) is 19.6. The minimum absolute atomic E-state index is 0.00877. The second-order valence-electron chi connectivity index (χ2n) is 9.73. The highest BCUT2D eigenvalue weighted by molar-refractivity contribution is 5.89. The van der Waals surface area contributed by atoms with Crippen molar-refractivity contribution in [2.45, 2.75) is 31.6 Å². The molecule has 2 N–H and O–H groups in total. The molecular weight excluding hydrogens is 444 g/mol. The van der Waals surface area contributed by atoms with Gasteiger partial charge in [0, 0.05) is 31.6 Å². The third-order valence-electron chi connectivity index (χ3n) is 7.83. The number of aliphatic carboxylic acids is 1. The first-order chi connectivity index (χ1) is 17.0. The Hall–Kier alpha value is -3.61. The lowest BCUT2D eigenvalue weighted by Crippen LogP contribution is -2.41. The second kappa shape index (κ2) is 9.56. The van der Waals surface area contributed by atoms with Crippen molar-refractivity contribution in [3.63, 3.8) is 0 Å². The number of carbonyl (C=O) groups excluding carboxylic acids is 2. The molecule has 2 amide bonds. The fourth-order valence-electron chi connectivity index (χ4n) is 6.03. The van der Waals surface area contributed by atoms with Crippen LogP contribution in [-0.2, 0) is 14.3 Å². The monoisotopic (exact) mass is 474 g/mol. The lowest BCUT2D eigenvalue weighted by molar-refractivity contribution is -0.152. The number of ether oxygens (including phenoxy) is 1. The average Bonchev–Trinajstić information content (AvgIpc) is 3.43. The van der Waals surface area contributed by atoms with E-state index in [1.807, 2.05) is 24.3 Å². The number of carboxylic acids is 1. The predicted molar refractivity (Wildman–Crippen MR) is 131 cm³/mol. The lowest BCUT2D eigenvalue weighted by Gasteiger charge is -2.33. The van der Waals surface area contributed by atoms with Crippen LogP contribution in [0.3, 0.4) is 0 Å². The van der Waals surface area contributed by atoms with E-state index < -0.39 is 17.5 Å². The Balaban J connectivity index is 1.11. The molecule has 2 unspecified atom stereocenters. The summed E-state index contributed by atoms with van der Waals surface area (Å²) in [6.07, 6.45) is 5.84. The lowest BCUT2D eigenvalue weighted by atomic mass is 9.68. The van der Waals surface area contributed by atoms with Crippen molar-refractivity contribution >= 4 is 18.0 Å². The highest BCUT2D eigenvalue weighted by Crippen LogP contribution is 2.47. The van der Waals surface area contributed by atoms with Gasteiger partial charge >= 0.3 is 12.1 Å². The Morgan fingerprint density at radius 3 is 2.40 bits per heavy atom. The van der Waals surface area contributed by atoms with E-state index in [1.165, 1.54) is 17.2 Å². The van der Waals surface area contributed by atoms with Gasteiger partial charge in [0.15, 0.2) is 0 Å². The number of hydrogen-bond acceptors (Lipinski definition) is 4. The van der Waals surface area contributed by atoms with Gasteiger partial charge in [-0.3, -0.25) is 9.59 Å². The van der Waals surface area contributed by atoms with Gasteiger partial charge in [-0.05, 0) is 41.0 Å². The summed E-state index contributed by atoms with van der Waals surface area (Å²) >= 11 is 0. The Morgan fingerprint density at radius 2 is 1.74 bits per heavy atom. The summed E-state index contributed by atoms with van der Waals surface area (Å²) < 4.78 is 5.51. The van der Waals surface area contributed by atoms with Crippen molar-refractivity contribution in [3.05, 3.63) is 71.8 Å². The van der Waals surface area contributed by atoms with Crippen molar-refractivity contribution in [2.75, 3.05) is 26.2 Å². The molecule has 35 heavy (non-hydrogen) atoms. The summed E-state index contributed by atoms with van der Waals surface area (Å²) in [5.74, 6) is -0.997. The van der Waals surface area contributed by atoms with Crippen LogP contribution < -0.4 is 5.32 Å². The molecule has 0 spiro atoms. The zero-order valence-corrected chi connectivity index (χ0v) is 19.6. The summed E-state index contributed by atoms with van der Waals surface area (Å²) in [4.78, 5) is 38.5. The Labute approximate surface area is 204 Å². The van der Waals surface area contributed by atoms with Crippen molar-refractivity contribution < 1.29 is 24.2 Å². The van der Waals surface area contributed by atoms with Gasteiger partial charge in [-0.15, -0.1) is 0 Å². The van der Waals surface area contributed by atoms with E-state index in [0.29, 0.717) is 13.0 Å². The normalized spacial score (nSPS) is 23.0. The van der Waals surface area contributed by atoms with E-state index in [4.69, 9.17) is 4.74 Å². The maximum atomic E-state index is 12.6. The van der Waals surface area contributed by atoms with Gasteiger partial charge in [0.2, 0.25) is 5.91 Å². The quantitative estimate of drug-likeness (QED) is 0.613. The Kier molecular flexibility index (Phi) is 6.32. The highest BCUT2D eigenvalue weighted by atomic mass is 16.5. The maximum absolute atomic E-state index is 12.6. The molecule has 5 rings (SSSR count). The fourth-order valence-corrected chi connectivity index (χ4v) is 6.03. The molecule has 1 saturated heterocycles. The Bertz CT molecular complexity index is 1130. The number of fused-ring (bicyclic) bond motifs is 4. The van der Waals surface area contributed by atoms with E-state index in [2.05, 4.69) is 29.6 Å². The van der Waals surface area contributed by atoms with E-state index >= 15 is 0 Å². The summed E-state index contributed by atoms with van der Waals surface area (Å²) in [7, 11) is 0. The molecule has 1 saturated carbocycles. The van der Waals surface area contributed by atoms with Crippen LogP contribution in [0, 0.1) is 11.3 Å². The van der Waals surface area contributed by atoms with Crippen LogP contribution in [0.25, 0.3) is 11.1 Å². The molecule has 2 fully saturated rings. The standard InChI is InChI=1S/C28H30N2O5/c31-25(30-16-19-8-5-6-14-28(19,18-30)26(32)33)13-7-15-29-27(34)35-17-24-22-11-3-1-9-20(22)21-10-2-4-12-23(21)24/h1-4,7,9-13,19,24H,5-6,8,14-18H2,(H,29,34)(H,32,33)/b13-7+. The molecule has 7 heteroatoms. The van der Waals surface area contributed by atoms with Gasteiger partial charge in [0.1, 0.15) is 6.61 Å². The maximum Gasteiger partial charge on any atom is 0.407 e. The molecule has 182 valence electrons. The molecule has 3 aliphatic rings. The van der Waals surface area contributed by atoms with Gasteiger partial charge in [-0.25, -0.2) is 4.79 Å². The largest absolute Gasteiger partial charge is 0.481 e. The molecule has 2 aromatic carbocycles. The number of benzene rings is 2. The van der Waals surface area contributed by atoms with Crippen molar-refractivity contribution in [1.82, 2.24) is 10.2 Å². The van der Waals surface area contributed by atoms with E-state index in [-0.39, 0.29) is 37.4 Å². The molecule has 0 aromatic heterocycles. The first-order valence-electron chi connectivity index (χ1n) is 12.3. The number of amides is 2. The SMILES string of the molecule is O=C(NC/C=C/C(=O)N1CC2CCCCC2(C(=O)O)C1)OCC1c2ccccc2-c2ccccc21. The average molecular weight is 475 g/mol. The van der Waals surface area contributed by atoms with Gasteiger partial charge < -0.3 is 20.1 Å².